The van der Waals surface area contributed by atoms with Gasteiger partial charge in [-0.1, -0.05) is 18.2 Å². The van der Waals surface area contributed by atoms with Gasteiger partial charge in [-0.05, 0) is 19.1 Å². The maximum atomic E-state index is 13.5. The van der Waals surface area contributed by atoms with Crippen LogP contribution in [0.1, 0.15) is 13.3 Å². The minimum absolute atomic E-state index is 0.0572. The molecule has 0 radical (unpaired) electrons. The highest BCUT2D eigenvalue weighted by Crippen LogP contribution is 2.38. The quantitative estimate of drug-likeness (QED) is 0.820. The zero-order valence-corrected chi connectivity index (χ0v) is 12.8. The molecule has 12 heteroatoms. The summed E-state index contributed by atoms with van der Waals surface area (Å²) in [6.45, 7) is 0.827. The molecular weight excluding hydrogens is 363 g/mol. The molecule has 1 N–H and O–H groups in total. The number of sulfonamides is 1. The number of rotatable bonds is 4. The number of aliphatic hydroxyl groups is 1. The monoisotopic (exact) mass is 374 g/mol. The standard InChI is InChI=1S/C12H11F5N2O4S/c1-10(20)7-9(11(13,14)23-12(15,16)17)18-19(10)24(21,22)8-5-3-2-4-6-8/h2-6,20H,7H2,1H3/t10-/m0/s1. The van der Waals surface area contributed by atoms with Crippen molar-refractivity contribution in [3.05, 3.63) is 30.3 Å². The van der Waals surface area contributed by atoms with E-state index in [1.165, 1.54) is 18.2 Å². The van der Waals surface area contributed by atoms with E-state index in [0.29, 0.717) is 0 Å². The summed E-state index contributed by atoms with van der Waals surface area (Å²) in [6.07, 6.45) is -11.8. The van der Waals surface area contributed by atoms with Gasteiger partial charge in [0.1, 0.15) is 5.71 Å². The minimum Gasteiger partial charge on any atom is -0.368 e. The average molecular weight is 374 g/mol. The highest BCUT2D eigenvalue weighted by molar-refractivity contribution is 7.89. The first kappa shape index (κ1) is 18.5. The van der Waals surface area contributed by atoms with Crippen LogP contribution < -0.4 is 0 Å². The zero-order valence-electron chi connectivity index (χ0n) is 12.0. The third-order valence-electron chi connectivity index (χ3n) is 2.97. The van der Waals surface area contributed by atoms with E-state index in [-0.39, 0.29) is 9.31 Å². The van der Waals surface area contributed by atoms with Crippen molar-refractivity contribution in [2.24, 2.45) is 5.10 Å². The Morgan fingerprint density at radius 1 is 1.21 bits per heavy atom. The fraction of sp³-hybridized carbons (Fsp3) is 0.417. The largest absolute Gasteiger partial charge is 0.527 e. The minimum atomic E-state index is -5.68. The summed E-state index contributed by atoms with van der Waals surface area (Å²) in [6, 6.07) is 6.39. The molecule has 0 unspecified atom stereocenters. The van der Waals surface area contributed by atoms with Gasteiger partial charge in [-0.25, -0.2) is 4.74 Å². The first-order valence-electron chi connectivity index (χ1n) is 6.31. The van der Waals surface area contributed by atoms with E-state index < -0.39 is 40.4 Å². The predicted molar refractivity (Wildman–Crippen MR) is 70.2 cm³/mol. The molecule has 1 atom stereocenters. The number of hydrogen-bond donors (Lipinski definition) is 1. The van der Waals surface area contributed by atoms with E-state index in [1.54, 1.807) is 0 Å². The lowest BCUT2D eigenvalue weighted by atomic mass is 10.1. The molecule has 134 valence electrons. The summed E-state index contributed by atoms with van der Waals surface area (Å²) in [5.41, 5.74) is -4.05. The van der Waals surface area contributed by atoms with Crippen LogP contribution in [-0.2, 0) is 14.8 Å². The molecular formula is C12H11F5N2O4S. The van der Waals surface area contributed by atoms with Crippen molar-refractivity contribution in [3.8, 4) is 0 Å². The van der Waals surface area contributed by atoms with Crippen molar-refractivity contribution in [2.45, 2.75) is 36.4 Å². The van der Waals surface area contributed by atoms with E-state index in [4.69, 9.17) is 0 Å². The first-order valence-corrected chi connectivity index (χ1v) is 7.75. The lowest BCUT2D eigenvalue weighted by Gasteiger charge is -2.27. The SMILES string of the molecule is C[C@]1(O)CC(C(F)(F)OC(F)(F)F)=NN1S(=O)(=O)c1ccccc1. The molecule has 0 aromatic heterocycles. The molecule has 24 heavy (non-hydrogen) atoms. The summed E-state index contributed by atoms with van der Waals surface area (Å²) < 4.78 is 90.5. The molecule has 1 aliphatic heterocycles. The Labute approximate surface area is 133 Å². The molecule has 0 saturated heterocycles. The van der Waals surface area contributed by atoms with Crippen molar-refractivity contribution in [1.29, 1.82) is 0 Å². The average Bonchev–Trinajstić information content (AvgIpc) is 2.74. The number of ether oxygens (including phenoxy) is 1. The topological polar surface area (TPSA) is 79.2 Å². The molecule has 0 amide bonds. The fourth-order valence-electron chi connectivity index (χ4n) is 2.01. The highest BCUT2D eigenvalue weighted by atomic mass is 32.2. The summed E-state index contributed by atoms with van der Waals surface area (Å²) in [5, 5.41) is 13.0. The van der Waals surface area contributed by atoms with E-state index in [9.17, 15) is 35.5 Å². The van der Waals surface area contributed by atoms with Crippen LogP contribution in [-0.4, -0.2) is 41.8 Å². The summed E-state index contributed by atoms with van der Waals surface area (Å²) in [5.74, 6) is 0. The molecule has 1 heterocycles. The second-order valence-corrected chi connectivity index (χ2v) is 6.83. The van der Waals surface area contributed by atoms with E-state index >= 15 is 0 Å². The Balaban J connectivity index is 2.43. The van der Waals surface area contributed by atoms with Crippen molar-refractivity contribution in [2.75, 3.05) is 0 Å². The van der Waals surface area contributed by atoms with E-state index in [0.717, 1.165) is 19.1 Å². The van der Waals surface area contributed by atoms with Gasteiger partial charge in [-0.3, -0.25) is 0 Å². The number of alkyl halides is 5. The summed E-state index contributed by atoms with van der Waals surface area (Å²) >= 11 is 0. The number of benzene rings is 1. The predicted octanol–water partition coefficient (Wildman–Crippen LogP) is 2.27. The van der Waals surface area contributed by atoms with Gasteiger partial charge in [-0.2, -0.15) is 26.7 Å². The highest BCUT2D eigenvalue weighted by Gasteiger charge is 2.56. The second-order valence-electron chi connectivity index (χ2n) is 5.07. The molecule has 0 aliphatic carbocycles. The van der Waals surface area contributed by atoms with Crippen LogP contribution in [0.15, 0.2) is 40.3 Å². The van der Waals surface area contributed by atoms with Crippen LogP contribution in [0.25, 0.3) is 0 Å². The molecule has 0 bridgehead atoms. The van der Waals surface area contributed by atoms with Gasteiger partial charge >= 0.3 is 12.5 Å². The van der Waals surface area contributed by atoms with Crippen molar-refractivity contribution < 1.29 is 40.2 Å². The molecule has 0 saturated carbocycles. The first-order chi connectivity index (χ1) is 10.8. The smallest absolute Gasteiger partial charge is 0.368 e. The second kappa shape index (κ2) is 5.63. The number of hydrogen-bond acceptors (Lipinski definition) is 5. The van der Waals surface area contributed by atoms with Crippen molar-refractivity contribution in [3.63, 3.8) is 0 Å². The molecule has 1 aromatic rings. The van der Waals surface area contributed by atoms with Crippen LogP contribution in [0.5, 0.6) is 0 Å². The van der Waals surface area contributed by atoms with Crippen LogP contribution in [0.3, 0.4) is 0 Å². The van der Waals surface area contributed by atoms with Crippen LogP contribution in [0.4, 0.5) is 22.0 Å². The maximum Gasteiger partial charge on any atom is 0.527 e. The lowest BCUT2D eigenvalue weighted by molar-refractivity contribution is -0.403. The molecule has 1 aliphatic rings. The van der Waals surface area contributed by atoms with Crippen molar-refractivity contribution >= 4 is 15.7 Å². The van der Waals surface area contributed by atoms with Gasteiger partial charge < -0.3 is 5.11 Å². The lowest BCUT2D eigenvalue weighted by Crippen LogP contribution is -2.44. The molecule has 0 spiro atoms. The Morgan fingerprint density at radius 3 is 2.25 bits per heavy atom. The Morgan fingerprint density at radius 2 is 1.75 bits per heavy atom. The fourth-order valence-corrected chi connectivity index (χ4v) is 3.50. The van der Waals surface area contributed by atoms with E-state index in [1.807, 2.05) is 0 Å². The van der Waals surface area contributed by atoms with Crippen LogP contribution in [0, 0.1) is 0 Å². The molecule has 2 rings (SSSR count). The van der Waals surface area contributed by atoms with Crippen LogP contribution >= 0.6 is 0 Å². The Kier molecular flexibility index (Phi) is 4.35. The van der Waals surface area contributed by atoms with Crippen LogP contribution in [0.2, 0.25) is 0 Å². The van der Waals surface area contributed by atoms with Gasteiger partial charge in [0.05, 0.1) is 4.90 Å². The van der Waals surface area contributed by atoms with Gasteiger partial charge in [0.15, 0.2) is 5.72 Å². The van der Waals surface area contributed by atoms with Gasteiger partial charge in [0.2, 0.25) is 0 Å². The Bertz CT molecular complexity index is 746. The molecule has 6 nitrogen and oxygen atoms in total. The zero-order chi connectivity index (χ0) is 18.4. The molecule has 1 aromatic carbocycles. The van der Waals surface area contributed by atoms with E-state index in [2.05, 4.69) is 9.84 Å². The van der Waals surface area contributed by atoms with Gasteiger partial charge in [0.25, 0.3) is 10.0 Å². The number of halogens is 5. The summed E-state index contributed by atoms with van der Waals surface area (Å²) in [7, 11) is -4.56. The number of hydrazone groups is 1. The van der Waals surface area contributed by atoms with Gasteiger partial charge in [0, 0.05) is 6.42 Å². The maximum absolute atomic E-state index is 13.5. The van der Waals surface area contributed by atoms with Crippen molar-refractivity contribution in [1.82, 2.24) is 4.41 Å². The third kappa shape index (κ3) is 3.65. The van der Waals surface area contributed by atoms with Gasteiger partial charge in [-0.15, -0.1) is 13.2 Å². The Hall–Kier alpha value is -1.79. The summed E-state index contributed by atoms with van der Waals surface area (Å²) in [4.78, 5) is -0.379. The molecule has 0 fully saturated rings. The number of nitrogens with zero attached hydrogens (tertiary/aromatic N) is 2. The normalized spacial score (nSPS) is 22.6. The third-order valence-corrected chi connectivity index (χ3v) is 4.77.